The second-order valence-electron chi connectivity index (χ2n) is 6.72. The van der Waals surface area contributed by atoms with Crippen molar-refractivity contribution in [2.75, 3.05) is 23.3 Å². The first-order valence-corrected chi connectivity index (χ1v) is 10.1. The van der Waals surface area contributed by atoms with Crippen LogP contribution in [0.15, 0.2) is 41.5 Å². The Kier molecular flexibility index (Phi) is 6.69. The molecule has 2 N–H and O–H groups in total. The minimum Gasteiger partial charge on any atom is -0.371 e. The number of nitrogens with zero attached hydrogens (tertiary/aromatic N) is 2. The summed E-state index contributed by atoms with van der Waals surface area (Å²) in [5, 5.41) is 8.53. The smallest absolute Gasteiger partial charge is 0.191 e. The van der Waals surface area contributed by atoms with E-state index in [2.05, 4.69) is 45.9 Å². The molecule has 3 rings (SSSR count). The van der Waals surface area contributed by atoms with Crippen LogP contribution in [0, 0.1) is 6.92 Å². The fourth-order valence-electron chi connectivity index (χ4n) is 3.34. The van der Waals surface area contributed by atoms with E-state index in [9.17, 15) is 0 Å². The van der Waals surface area contributed by atoms with Crippen molar-refractivity contribution >= 4 is 46.5 Å². The van der Waals surface area contributed by atoms with Crippen LogP contribution in [0.3, 0.4) is 0 Å². The number of anilines is 2. The molecular weight excluding hydrogens is 376 g/mol. The number of halogens is 1. The summed E-state index contributed by atoms with van der Waals surface area (Å²) in [7, 11) is 0. The number of hydrogen-bond donors (Lipinski definition) is 2. The van der Waals surface area contributed by atoms with Gasteiger partial charge in [-0.25, -0.2) is 0 Å². The van der Waals surface area contributed by atoms with Crippen LogP contribution in [0.1, 0.15) is 36.5 Å². The van der Waals surface area contributed by atoms with Crippen LogP contribution in [0.25, 0.3) is 0 Å². The van der Waals surface area contributed by atoms with E-state index in [4.69, 9.17) is 23.8 Å². The van der Waals surface area contributed by atoms with Gasteiger partial charge in [-0.15, -0.1) is 0 Å². The van der Waals surface area contributed by atoms with Gasteiger partial charge in [0.05, 0.1) is 6.21 Å². The Balaban J connectivity index is 1.61. The molecule has 0 fully saturated rings. The molecule has 0 unspecified atom stereocenters. The molecule has 4 nitrogen and oxygen atoms in total. The number of hydrogen-bond acceptors (Lipinski definition) is 3. The SMILES string of the molecule is CCCN1CCCc2cc(C=NNC(=S)Nc3cccc(Cl)c3C)ccc21. The lowest BCUT2D eigenvalue weighted by molar-refractivity contribution is 0.681. The second kappa shape index (κ2) is 9.20. The zero-order chi connectivity index (χ0) is 19.2. The third kappa shape index (κ3) is 4.99. The van der Waals surface area contributed by atoms with E-state index in [0.717, 1.165) is 36.3 Å². The molecule has 1 aliphatic rings. The summed E-state index contributed by atoms with van der Waals surface area (Å²) in [5.41, 5.74) is 8.53. The normalized spacial score (nSPS) is 13.5. The summed E-state index contributed by atoms with van der Waals surface area (Å²) in [5.74, 6) is 0. The average Bonchev–Trinajstić information content (AvgIpc) is 2.66. The van der Waals surface area contributed by atoms with Crippen molar-refractivity contribution in [3.8, 4) is 0 Å². The largest absolute Gasteiger partial charge is 0.371 e. The molecule has 6 heteroatoms. The number of nitrogens with one attached hydrogen (secondary N) is 2. The summed E-state index contributed by atoms with van der Waals surface area (Å²) in [6, 6.07) is 12.2. The Morgan fingerprint density at radius 1 is 1.33 bits per heavy atom. The monoisotopic (exact) mass is 400 g/mol. The molecule has 0 saturated heterocycles. The van der Waals surface area contributed by atoms with Gasteiger partial charge in [0.15, 0.2) is 5.11 Å². The van der Waals surface area contributed by atoms with E-state index >= 15 is 0 Å². The van der Waals surface area contributed by atoms with Crippen molar-refractivity contribution in [1.82, 2.24) is 5.43 Å². The van der Waals surface area contributed by atoms with E-state index in [1.54, 1.807) is 6.21 Å². The van der Waals surface area contributed by atoms with Crippen molar-refractivity contribution in [1.29, 1.82) is 0 Å². The standard InChI is InChI=1S/C21H25ClN4S/c1-3-11-26-12-5-6-17-13-16(9-10-20(17)26)14-23-25-21(27)24-19-8-4-7-18(22)15(19)2/h4,7-10,13-14H,3,5-6,11-12H2,1-2H3,(H2,24,25,27). The lowest BCUT2D eigenvalue weighted by atomic mass is 9.99. The summed E-state index contributed by atoms with van der Waals surface area (Å²) in [4.78, 5) is 2.48. The quantitative estimate of drug-likeness (QED) is 0.414. The van der Waals surface area contributed by atoms with Crippen molar-refractivity contribution in [3.63, 3.8) is 0 Å². The van der Waals surface area contributed by atoms with E-state index in [1.165, 1.54) is 24.1 Å². The molecule has 0 radical (unpaired) electrons. The maximum absolute atomic E-state index is 6.13. The van der Waals surface area contributed by atoms with Crippen molar-refractivity contribution in [2.45, 2.75) is 33.1 Å². The van der Waals surface area contributed by atoms with Crippen LogP contribution < -0.4 is 15.6 Å². The van der Waals surface area contributed by atoms with Crippen molar-refractivity contribution < 1.29 is 0 Å². The molecule has 0 amide bonds. The van der Waals surface area contributed by atoms with E-state index in [0.29, 0.717) is 10.1 Å². The lowest BCUT2D eigenvalue weighted by Crippen LogP contribution is -2.30. The summed E-state index contributed by atoms with van der Waals surface area (Å²) >= 11 is 11.4. The average molecular weight is 401 g/mol. The molecule has 1 heterocycles. The van der Waals surface area contributed by atoms with Gasteiger partial charge in [0.25, 0.3) is 0 Å². The molecule has 2 aromatic rings. The van der Waals surface area contributed by atoms with Crippen molar-refractivity contribution in [3.05, 3.63) is 58.1 Å². The van der Waals surface area contributed by atoms with Crippen LogP contribution in [0.5, 0.6) is 0 Å². The molecule has 0 spiro atoms. The predicted octanol–water partition coefficient (Wildman–Crippen LogP) is 5.13. The Hall–Kier alpha value is -2.11. The molecule has 0 aromatic heterocycles. The number of hydrazone groups is 1. The molecular formula is C21H25ClN4S. The molecule has 0 saturated carbocycles. The van der Waals surface area contributed by atoms with Crippen LogP contribution in [0.2, 0.25) is 5.02 Å². The number of aryl methyl sites for hydroxylation is 1. The number of rotatable bonds is 5. The van der Waals surface area contributed by atoms with Gasteiger partial charge in [0.2, 0.25) is 0 Å². The highest BCUT2D eigenvalue weighted by atomic mass is 35.5. The molecule has 27 heavy (non-hydrogen) atoms. The summed E-state index contributed by atoms with van der Waals surface area (Å²) in [6.07, 6.45) is 5.30. The third-order valence-corrected chi connectivity index (χ3v) is 5.31. The topological polar surface area (TPSA) is 39.7 Å². The molecule has 0 bridgehead atoms. The highest BCUT2D eigenvalue weighted by Gasteiger charge is 2.15. The summed E-state index contributed by atoms with van der Waals surface area (Å²) in [6.45, 7) is 6.44. The maximum atomic E-state index is 6.13. The predicted molar refractivity (Wildman–Crippen MR) is 120 cm³/mol. The number of benzene rings is 2. The first kappa shape index (κ1) is 19.6. The number of thiocarbonyl (C=S) groups is 1. The molecule has 142 valence electrons. The maximum Gasteiger partial charge on any atom is 0.191 e. The Labute approximate surface area is 171 Å². The number of fused-ring (bicyclic) bond motifs is 1. The zero-order valence-electron chi connectivity index (χ0n) is 15.8. The fraction of sp³-hybridized carbons (Fsp3) is 0.333. The van der Waals surface area contributed by atoms with Gasteiger partial charge in [-0.1, -0.05) is 30.7 Å². The Morgan fingerprint density at radius 2 is 2.19 bits per heavy atom. The minimum absolute atomic E-state index is 0.434. The Bertz CT molecular complexity index is 850. The van der Waals surface area contributed by atoms with Gasteiger partial charge in [0.1, 0.15) is 0 Å². The van der Waals surface area contributed by atoms with Gasteiger partial charge in [-0.3, -0.25) is 5.43 Å². The van der Waals surface area contributed by atoms with Gasteiger partial charge in [-0.05, 0) is 79.4 Å². The highest BCUT2D eigenvalue weighted by Crippen LogP contribution is 2.27. The minimum atomic E-state index is 0.434. The van der Waals surface area contributed by atoms with Gasteiger partial charge >= 0.3 is 0 Å². The molecule has 0 aliphatic carbocycles. The molecule has 0 atom stereocenters. The van der Waals surface area contributed by atoms with Crippen molar-refractivity contribution in [2.24, 2.45) is 5.10 Å². The van der Waals surface area contributed by atoms with E-state index in [1.807, 2.05) is 25.1 Å². The third-order valence-electron chi connectivity index (χ3n) is 4.71. The Morgan fingerprint density at radius 3 is 3.00 bits per heavy atom. The van der Waals surface area contributed by atoms with Crippen LogP contribution in [-0.2, 0) is 6.42 Å². The van der Waals surface area contributed by atoms with Crippen LogP contribution in [-0.4, -0.2) is 24.4 Å². The molecule has 1 aliphatic heterocycles. The summed E-state index contributed by atoms with van der Waals surface area (Å²) < 4.78 is 0. The molecule has 2 aromatic carbocycles. The zero-order valence-corrected chi connectivity index (χ0v) is 17.3. The van der Waals surface area contributed by atoms with Gasteiger partial charge in [-0.2, -0.15) is 5.10 Å². The van der Waals surface area contributed by atoms with Crippen LogP contribution in [0.4, 0.5) is 11.4 Å². The van der Waals surface area contributed by atoms with E-state index in [-0.39, 0.29) is 0 Å². The first-order chi connectivity index (χ1) is 13.1. The highest BCUT2D eigenvalue weighted by molar-refractivity contribution is 7.80. The first-order valence-electron chi connectivity index (χ1n) is 9.31. The second-order valence-corrected chi connectivity index (χ2v) is 7.53. The fourth-order valence-corrected chi connectivity index (χ4v) is 3.67. The lowest BCUT2D eigenvalue weighted by Gasteiger charge is -2.31. The van der Waals surface area contributed by atoms with Gasteiger partial charge in [0, 0.05) is 29.5 Å². The van der Waals surface area contributed by atoms with Crippen LogP contribution >= 0.6 is 23.8 Å². The van der Waals surface area contributed by atoms with E-state index < -0.39 is 0 Å². The van der Waals surface area contributed by atoms with Gasteiger partial charge < -0.3 is 10.2 Å².